The van der Waals surface area contributed by atoms with E-state index in [1.807, 2.05) is 27.7 Å². The lowest BCUT2D eigenvalue weighted by Gasteiger charge is -2.32. The molecule has 0 aliphatic carbocycles. The van der Waals surface area contributed by atoms with Gasteiger partial charge in [0.2, 0.25) is 0 Å². The molecule has 2 rings (SSSR count). The summed E-state index contributed by atoms with van der Waals surface area (Å²) in [5.41, 5.74) is -0.135. The fourth-order valence-corrected chi connectivity index (χ4v) is 2.17. The molecule has 0 spiro atoms. The highest BCUT2D eigenvalue weighted by Gasteiger charge is 2.51. The second kappa shape index (κ2) is 4.45. The summed E-state index contributed by atoms with van der Waals surface area (Å²) in [6, 6.07) is 6.60. The molecule has 1 unspecified atom stereocenters. The molecule has 1 aliphatic rings. The Morgan fingerprint density at radius 3 is 2.22 bits per heavy atom. The molecule has 4 nitrogen and oxygen atoms in total. The summed E-state index contributed by atoms with van der Waals surface area (Å²) in [4.78, 5) is 0.238. The van der Waals surface area contributed by atoms with Crippen LogP contribution in [-0.4, -0.2) is 27.1 Å². The predicted molar refractivity (Wildman–Crippen MR) is 69.3 cm³/mol. The molecule has 1 aliphatic heterocycles. The highest BCUT2D eigenvalue weighted by atomic mass is 32.2. The minimum atomic E-state index is -2.24. The summed E-state index contributed by atoms with van der Waals surface area (Å²) in [7, 11) is -0.529. The van der Waals surface area contributed by atoms with E-state index >= 15 is 0 Å². The Morgan fingerprint density at radius 1 is 1.17 bits per heavy atom. The summed E-state index contributed by atoms with van der Waals surface area (Å²) >= 11 is -2.24. The molecule has 0 amide bonds. The minimum Gasteiger partial charge on any atom is -0.768 e. The van der Waals surface area contributed by atoms with Gasteiger partial charge in [0.25, 0.3) is 0 Å². The highest BCUT2D eigenvalue weighted by molar-refractivity contribution is 7.79. The molecule has 1 atom stereocenters. The predicted octanol–water partition coefficient (Wildman–Crippen LogP) is 1.22. The maximum atomic E-state index is 10.9. The van der Waals surface area contributed by atoms with Gasteiger partial charge in [-0.3, -0.25) is 4.21 Å². The first-order valence-corrected chi connectivity index (χ1v) is 6.85. The van der Waals surface area contributed by atoms with E-state index in [9.17, 15) is 8.76 Å². The zero-order valence-electron chi connectivity index (χ0n) is 10.9. The minimum absolute atomic E-state index is 0.238. The van der Waals surface area contributed by atoms with Gasteiger partial charge in [0, 0.05) is 4.90 Å². The van der Waals surface area contributed by atoms with Gasteiger partial charge >= 0.3 is 7.12 Å². The Morgan fingerprint density at radius 2 is 1.72 bits per heavy atom. The van der Waals surface area contributed by atoms with Crippen LogP contribution < -0.4 is 5.46 Å². The average molecular weight is 267 g/mol. The monoisotopic (exact) mass is 267 g/mol. The third-order valence-corrected chi connectivity index (χ3v) is 4.21. The fraction of sp³-hybridized carbons (Fsp3) is 0.500. The smallest absolute Gasteiger partial charge is 0.494 e. The van der Waals surface area contributed by atoms with Crippen molar-refractivity contribution in [3.63, 3.8) is 0 Å². The lowest BCUT2D eigenvalue weighted by molar-refractivity contribution is 0.00578. The zero-order valence-corrected chi connectivity index (χ0v) is 11.7. The van der Waals surface area contributed by atoms with E-state index in [4.69, 9.17) is 9.31 Å². The molecule has 6 heteroatoms. The van der Waals surface area contributed by atoms with E-state index in [0.717, 1.165) is 5.46 Å². The normalized spacial score (nSPS) is 23.1. The van der Waals surface area contributed by atoms with Crippen molar-refractivity contribution in [2.24, 2.45) is 0 Å². The Balaban J connectivity index is 2.30. The van der Waals surface area contributed by atoms with Crippen molar-refractivity contribution in [2.75, 3.05) is 0 Å². The SMILES string of the molecule is CC1(C)OB(c2cccc(S(=O)[O-])c2)OC1(C)C. The summed E-state index contributed by atoms with van der Waals surface area (Å²) in [5.74, 6) is 0. The van der Waals surface area contributed by atoms with Crippen LogP contribution in [0.4, 0.5) is 0 Å². The van der Waals surface area contributed by atoms with E-state index in [1.54, 1.807) is 18.2 Å². The van der Waals surface area contributed by atoms with Crippen molar-refractivity contribution in [1.82, 2.24) is 0 Å². The second-order valence-corrected chi connectivity index (χ2v) is 6.34. The largest absolute Gasteiger partial charge is 0.768 e. The molecule has 18 heavy (non-hydrogen) atoms. The number of benzene rings is 1. The van der Waals surface area contributed by atoms with Gasteiger partial charge in [-0.05, 0) is 56.4 Å². The van der Waals surface area contributed by atoms with Gasteiger partial charge in [-0.25, -0.2) is 0 Å². The third kappa shape index (κ3) is 2.38. The molecule has 98 valence electrons. The van der Waals surface area contributed by atoms with Gasteiger partial charge in [0.1, 0.15) is 0 Å². The lowest BCUT2D eigenvalue weighted by Crippen LogP contribution is -2.41. The fourth-order valence-electron chi connectivity index (χ4n) is 1.74. The molecule has 1 aromatic carbocycles. The van der Waals surface area contributed by atoms with E-state index in [-0.39, 0.29) is 4.90 Å². The Kier molecular flexibility index (Phi) is 3.40. The third-order valence-electron chi connectivity index (χ3n) is 3.58. The van der Waals surface area contributed by atoms with Gasteiger partial charge in [0.15, 0.2) is 0 Å². The van der Waals surface area contributed by atoms with Crippen molar-refractivity contribution in [2.45, 2.75) is 43.8 Å². The van der Waals surface area contributed by atoms with Crippen LogP contribution in [0, 0.1) is 0 Å². The van der Waals surface area contributed by atoms with Crippen molar-refractivity contribution < 1.29 is 18.1 Å². The Bertz CT molecular complexity index is 471. The van der Waals surface area contributed by atoms with E-state index in [0.29, 0.717) is 0 Å². The molecule has 1 saturated heterocycles. The first-order valence-electron chi connectivity index (χ1n) is 5.78. The van der Waals surface area contributed by atoms with Crippen LogP contribution in [0.3, 0.4) is 0 Å². The maximum absolute atomic E-state index is 10.9. The standard InChI is InChI=1S/C12H17BO4S/c1-11(2)12(3,4)17-13(16-11)9-6-5-7-10(8-9)18(14)15/h5-8H,1-4H3,(H,14,15)/p-1. The van der Waals surface area contributed by atoms with Crippen LogP contribution in [0.2, 0.25) is 0 Å². The van der Waals surface area contributed by atoms with Gasteiger partial charge in [-0.1, -0.05) is 12.1 Å². The first kappa shape index (κ1) is 13.7. The van der Waals surface area contributed by atoms with Gasteiger partial charge in [-0.15, -0.1) is 0 Å². The van der Waals surface area contributed by atoms with Crippen LogP contribution in [0.5, 0.6) is 0 Å². The van der Waals surface area contributed by atoms with E-state index in [2.05, 4.69) is 0 Å². The van der Waals surface area contributed by atoms with Crippen LogP contribution in [0.1, 0.15) is 27.7 Å². The molecule has 0 N–H and O–H groups in total. The topological polar surface area (TPSA) is 58.6 Å². The molecule has 1 fully saturated rings. The van der Waals surface area contributed by atoms with Crippen molar-refractivity contribution >= 4 is 23.7 Å². The van der Waals surface area contributed by atoms with Crippen LogP contribution in [-0.2, 0) is 20.4 Å². The Hall–Kier alpha value is -0.685. The van der Waals surface area contributed by atoms with Crippen molar-refractivity contribution in [3.8, 4) is 0 Å². The molecule has 0 aromatic heterocycles. The number of hydrogen-bond acceptors (Lipinski definition) is 4. The molecule has 0 bridgehead atoms. The highest BCUT2D eigenvalue weighted by Crippen LogP contribution is 2.36. The maximum Gasteiger partial charge on any atom is 0.494 e. The quantitative estimate of drug-likeness (QED) is 0.597. The van der Waals surface area contributed by atoms with E-state index in [1.165, 1.54) is 6.07 Å². The zero-order chi connectivity index (χ0) is 13.6. The first-order chi connectivity index (χ1) is 8.23. The van der Waals surface area contributed by atoms with Gasteiger partial charge < -0.3 is 13.9 Å². The van der Waals surface area contributed by atoms with Crippen LogP contribution in [0.15, 0.2) is 29.2 Å². The van der Waals surface area contributed by atoms with Crippen molar-refractivity contribution in [1.29, 1.82) is 0 Å². The second-order valence-electron chi connectivity index (χ2n) is 5.40. The van der Waals surface area contributed by atoms with Crippen LogP contribution in [0.25, 0.3) is 0 Å². The Labute approximate surface area is 110 Å². The summed E-state index contributed by atoms with van der Waals surface area (Å²) in [5, 5.41) is 0. The number of rotatable bonds is 2. The summed E-state index contributed by atoms with van der Waals surface area (Å²) < 4.78 is 33.6. The number of hydrogen-bond donors (Lipinski definition) is 0. The molecule has 1 heterocycles. The summed E-state index contributed by atoms with van der Waals surface area (Å²) in [6.45, 7) is 7.84. The molecular weight excluding hydrogens is 251 g/mol. The van der Waals surface area contributed by atoms with Crippen molar-refractivity contribution in [3.05, 3.63) is 24.3 Å². The van der Waals surface area contributed by atoms with E-state index < -0.39 is 29.4 Å². The van der Waals surface area contributed by atoms with Gasteiger partial charge in [0.05, 0.1) is 11.2 Å². The molecule has 1 aromatic rings. The van der Waals surface area contributed by atoms with Gasteiger partial charge in [-0.2, -0.15) is 0 Å². The summed E-state index contributed by atoms with van der Waals surface area (Å²) in [6.07, 6.45) is 0. The lowest BCUT2D eigenvalue weighted by atomic mass is 9.79. The molecule has 0 saturated carbocycles. The molecule has 0 radical (unpaired) electrons. The average Bonchev–Trinajstić information content (AvgIpc) is 2.48. The van der Waals surface area contributed by atoms with Crippen LogP contribution >= 0.6 is 0 Å². The molecular formula is C12H16BO4S-.